The highest BCUT2D eigenvalue weighted by Crippen LogP contribution is 2.26. The maximum absolute atomic E-state index is 10.2. The first-order valence-electron chi connectivity index (χ1n) is 8.46. The number of carboxylic acids is 2. The van der Waals surface area contributed by atoms with Gasteiger partial charge in [-0.05, 0) is 48.6 Å². The van der Waals surface area contributed by atoms with Gasteiger partial charge in [0.25, 0.3) is 0 Å². The van der Waals surface area contributed by atoms with Crippen molar-refractivity contribution in [2.75, 3.05) is 7.11 Å². The highest BCUT2D eigenvalue weighted by molar-refractivity contribution is 5.85. The zero-order valence-electron chi connectivity index (χ0n) is 15.2. The van der Waals surface area contributed by atoms with Crippen molar-refractivity contribution in [3.8, 4) is 11.5 Å². The Bertz CT molecular complexity index is 753. The molecule has 0 heterocycles. The maximum atomic E-state index is 10.2. The number of hydrogen-bond acceptors (Lipinski definition) is 4. The Kier molecular flexibility index (Phi) is 9.78. The van der Waals surface area contributed by atoms with Crippen molar-refractivity contribution >= 4 is 18.0 Å². The Morgan fingerprint density at radius 1 is 1.04 bits per heavy atom. The molecule has 0 fully saturated rings. The molecule has 0 spiro atoms. The summed E-state index contributed by atoms with van der Waals surface area (Å²) in [6.45, 7) is 0. The lowest BCUT2D eigenvalue weighted by atomic mass is 10.1. The number of unbranched alkanes of at least 4 members (excludes halogenated alkanes) is 1. The summed E-state index contributed by atoms with van der Waals surface area (Å²) in [4.78, 5) is 20.4. The van der Waals surface area contributed by atoms with Crippen LogP contribution in [0.15, 0.2) is 54.6 Å². The lowest BCUT2D eigenvalue weighted by Gasteiger charge is -2.03. The molecule has 6 nitrogen and oxygen atoms in total. The minimum absolute atomic E-state index is 0.0278. The lowest BCUT2D eigenvalue weighted by molar-refractivity contribution is -0.137. The molecule has 0 atom stereocenters. The van der Waals surface area contributed by atoms with Gasteiger partial charge in [-0.1, -0.05) is 36.4 Å². The number of aromatic hydroxyl groups is 1. The summed E-state index contributed by atoms with van der Waals surface area (Å²) in [5.41, 5.74) is 1.94. The van der Waals surface area contributed by atoms with Crippen LogP contribution < -0.4 is 4.74 Å². The summed E-state index contributed by atoms with van der Waals surface area (Å²) in [7, 11) is 1.43. The first-order chi connectivity index (χ1) is 12.9. The summed E-state index contributed by atoms with van der Waals surface area (Å²) in [6, 6.07) is 14.7. The Balaban J connectivity index is 0.000000271. The van der Waals surface area contributed by atoms with Crippen LogP contribution in [-0.2, 0) is 16.0 Å². The molecule has 0 amide bonds. The number of ether oxygens (including phenoxy) is 1. The van der Waals surface area contributed by atoms with Crippen molar-refractivity contribution in [3.63, 3.8) is 0 Å². The Labute approximate surface area is 158 Å². The van der Waals surface area contributed by atoms with Crippen LogP contribution in [0.3, 0.4) is 0 Å². The molecule has 0 radical (unpaired) electrons. The molecule has 0 bridgehead atoms. The average Bonchev–Trinajstić information content (AvgIpc) is 2.66. The van der Waals surface area contributed by atoms with E-state index in [4.69, 9.17) is 14.9 Å². The SMILES string of the molecule is COc1cc(C=CC(=O)O)ccc1O.O=C(O)CCCCc1ccccc1. The Hall–Kier alpha value is -3.28. The topological polar surface area (TPSA) is 104 Å². The number of carbonyl (C=O) groups is 2. The van der Waals surface area contributed by atoms with Crippen molar-refractivity contribution in [1.29, 1.82) is 0 Å². The second-order valence-corrected chi connectivity index (χ2v) is 5.69. The van der Waals surface area contributed by atoms with Gasteiger partial charge >= 0.3 is 11.9 Å². The van der Waals surface area contributed by atoms with Gasteiger partial charge in [-0.25, -0.2) is 4.79 Å². The van der Waals surface area contributed by atoms with Gasteiger partial charge in [-0.2, -0.15) is 0 Å². The molecule has 0 unspecified atom stereocenters. The Morgan fingerprint density at radius 2 is 1.74 bits per heavy atom. The van der Waals surface area contributed by atoms with Crippen LogP contribution in [0.5, 0.6) is 11.5 Å². The third-order valence-electron chi connectivity index (χ3n) is 3.57. The van der Waals surface area contributed by atoms with E-state index < -0.39 is 11.9 Å². The minimum Gasteiger partial charge on any atom is -0.504 e. The first kappa shape index (κ1) is 21.8. The van der Waals surface area contributed by atoms with E-state index in [9.17, 15) is 14.7 Å². The van der Waals surface area contributed by atoms with Crippen molar-refractivity contribution in [1.82, 2.24) is 0 Å². The molecular weight excluding hydrogens is 348 g/mol. The number of methoxy groups -OCH3 is 1. The number of benzene rings is 2. The van der Waals surface area contributed by atoms with Gasteiger partial charge in [0.05, 0.1) is 7.11 Å². The summed E-state index contributed by atoms with van der Waals surface area (Å²) in [5.74, 6) is -1.37. The molecule has 6 heteroatoms. The minimum atomic E-state index is -1.02. The molecule has 2 aromatic rings. The second kappa shape index (κ2) is 12.1. The van der Waals surface area contributed by atoms with Gasteiger partial charge in [0, 0.05) is 12.5 Å². The molecule has 3 N–H and O–H groups in total. The quantitative estimate of drug-likeness (QED) is 0.478. The van der Waals surface area contributed by atoms with Crippen LogP contribution in [0.4, 0.5) is 0 Å². The summed E-state index contributed by atoms with van der Waals surface area (Å²) >= 11 is 0. The fourth-order valence-electron chi connectivity index (χ4n) is 2.22. The molecule has 0 saturated heterocycles. The largest absolute Gasteiger partial charge is 0.504 e. The number of phenolic OH excluding ortho intramolecular Hbond substituents is 1. The number of hydrogen-bond donors (Lipinski definition) is 3. The van der Waals surface area contributed by atoms with Crippen LogP contribution in [0.2, 0.25) is 0 Å². The maximum Gasteiger partial charge on any atom is 0.328 e. The van der Waals surface area contributed by atoms with Crippen LogP contribution in [0.25, 0.3) is 6.08 Å². The molecule has 27 heavy (non-hydrogen) atoms. The third-order valence-corrected chi connectivity index (χ3v) is 3.57. The second-order valence-electron chi connectivity index (χ2n) is 5.69. The van der Waals surface area contributed by atoms with E-state index in [1.165, 1.54) is 24.8 Å². The summed E-state index contributed by atoms with van der Waals surface area (Å²) in [5, 5.41) is 26.0. The van der Waals surface area contributed by atoms with Crippen molar-refractivity contribution in [3.05, 3.63) is 65.7 Å². The number of phenols is 1. The number of aryl methyl sites for hydroxylation is 1. The zero-order chi connectivity index (χ0) is 20.1. The molecule has 0 aliphatic carbocycles. The third kappa shape index (κ3) is 9.69. The van der Waals surface area contributed by atoms with E-state index in [1.54, 1.807) is 12.1 Å². The van der Waals surface area contributed by atoms with E-state index in [0.717, 1.165) is 25.3 Å². The van der Waals surface area contributed by atoms with Crippen LogP contribution in [0, 0.1) is 0 Å². The van der Waals surface area contributed by atoms with Gasteiger partial charge < -0.3 is 20.1 Å². The molecule has 0 aliphatic rings. The summed E-state index contributed by atoms with van der Waals surface area (Å²) < 4.78 is 4.86. The van der Waals surface area contributed by atoms with E-state index >= 15 is 0 Å². The monoisotopic (exact) mass is 372 g/mol. The van der Waals surface area contributed by atoms with Crippen LogP contribution >= 0.6 is 0 Å². The van der Waals surface area contributed by atoms with Gasteiger partial charge in [-0.3, -0.25) is 4.79 Å². The fraction of sp³-hybridized carbons (Fsp3) is 0.238. The van der Waals surface area contributed by atoms with Gasteiger partial charge in [0.1, 0.15) is 0 Å². The highest BCUT2D eigenvalue weighted by Gasteiger charge is 2.00. The standard InChI is InChI=1S/C11H14O2.C10H10O4/c12-11(13)9-5-4-8-10-6-2-1-3-7-10;1-14-9-6-7(2-4-8(9)11)3-5-10(12)13/h1-3,6-7H,4-5,8-9H2,(H,12,13);2-6,11H,1H3,(H,12,13). The molecule has 0 saturated carbocycles. The van der Waals surface area contributed by atoms with Crippen LogP contribution in [0.1, 0.15) is 30.4 Å². The molecule has 2 aromatic carbocycles. The normalized spacial score (nSPS) is 10.1. The number of carboxylic acid groups (broad SMARTS) is 2. The van der Waals surface area contributed by atoms with E-state index in [2.05, 4.69) is 12.1 Å². The predicted octanol–water partition coefficient (Wildman–Crippen LogP) is 3.98. The average molecular weight is 372 g/mol. The summed E-state index contributed by atoms with van der Waals surface area (Å²) in [6.07, 6.45) is 5.43. The first-order valence-corrected chi connectivity index (χ1v) is 8.46. The smallest absolute Gasteiger partial charge is 0.328 e. The molecule has 144 valence electrons. The van der Waals surface area contributed by atoms with Gasteiger partial charge in [-0.15, -0.1) is 0 Å². The van der Waals surface area contributed by atoms with Crippen LogP contribution in [-0.4, -0.2) is 34.4 Å². The molecule has 2 rings (SSSR count). The van der Waals surface area contributed by atoms with E-state index in [0.29, 0.717) is 11.3 Å². The van der Waals surface area contributed by atoms with Gasteiger partial charge in [0.15, 0.2) is 11.5 Å². The molecular formula is C21H24O6. The molecule has 0 aliphatic heterocycles. The van der Waals surface area contributed by atoms with Gasteiger partial charge in [0.2, 0.25) is 0 Å². The number of rotatable bonds is 8. The van der Waals surface area contributed by atoms with E-state index in [-0.39, 0.29) is 12.2 Å². The zero-order valence-corrected chi connectivity index (χ0v) is 15.2. The predicted molar refractivity (Wildman–Crippen MR) is 103 cm³/mol. The lowest BCUT2D eigenvalue weighted by Crippen LogP contribution is -1.94. The van der Waals surface area contributed by atoms with Crippen molar-refractivity contribution in [2.24, 2.45) is 0 Å². The van der Waals surface area contributed by atoms with E-state index in [1.807, 2.05) is 18.2 Å². The number of aliphatic carboxylic acids is 2. The van der Waals surface area contributed by atoms with Crippen molar-refractivity contribution in [2.45, 2.75) is 25.7 Å². The fourth-order valence-corrected chi connectivity index (χ4v) is 2.22. The van der Waals surface area contributed by atoms with Crippen molar-refractivity contribution < 1.29 is 29.6 Å². The Morgan fingerprint density at radius 3 is 2.33 bits per heavy atom. The highest BCUT2D eigenvalue weighted by atomic mass is 16.5. The molecule has 0 aromatic heterocycles.